The van der Waals surface area contributed by atoms with Crippen LogP contribution in [0.15, 0.2) is 66.7 Å². The number of aromatic nitrogens is 3. The number of carbonyl (C=O) groups is 1. The number of aromatic amines is 1. The highest BCUT2D eigenvalue weighted by Gasteiger charge is 2.20. The van der Waals surface area contributed by atoms with Crippen LogP contribution >= 0.6 is 11.5 Å². The molecule has 0 radical (unpaired) electrons. The number of carboxylic acids is 1. The summed E-state index contributed by atoms with van der Waals surface area (Å²) in [7, 11) is 0. The molecule has 3 aromatic carbocycles. The lowest BCUT2D eigenvalue weighted by atomic mass is 10.0. The third-order valence-electron chi connectivity index (χ3n) is 6.44. The van der Waals surface area contributed by atoms with Crippen LogP contribution in [0.2, 0.25) is 0 Å². The van der Waals surface area contributed by atoms with Crippen molar-refractivity contribution in [3.63, 3.8) is 0 Å². The molecule has 0 saturated heterocycles. The molecule has 5 aromatic rings. The number of benzene rings is 3. The summed E-state index contributed by atoms with van der Waals surface area (Å²) in [6, 6.07) is 19.8. The van der Waals surface area contributed by atoms with Crippen molar-refractivity contribution in [3.8, 4) is 10.4 Å². The molecule has 0 fully saturated rings. The van der Waals surface area contributed by atoms with Gasteiger partial charge in [0.25, 0.3) is 0 Å². The number of rotatable bonds is 10. The van der Waals surface area contributed by atoms with Crippen molar-refractivity contribution in [3.05, 3.63) is 94.9 Å². The number of carboxylic acid groups (broad SMARTS) is 1. The highest BCUT2D eigenvalue weighted by molar-refractivity contribution is 7.09. The monoisotopic (exact) mass is 529 g/mol. The highest BCUT2D eigenvalue weighted by atomic mass is 32.1. The molecule has 0 saturated carbocycles. The fourth-order valence-electron chi connectivity index (χ4n) is 4.45. The smallest absolute Gasteiger partial charge is 0.326 e. The third-order valence-corrected chi connectivity index (χ3v) is 7.32. The van der Waals surface area contributed by atoms with Crippen molar-refractivity contribution in [2.24, 2.45) is 0 Å². The molecule has 2 heterocycles. The first-order valence-electron chi connectivity index (χ1n) is 12.4. The van der Waals surface area contributed by atoms with Gasteiger partial charge in [-0.05, 0) is 77.5 Å². The van der Waals surface area contributed by atoms with E-state index in [-0.39, 0.29) is 5.82 Å². The highest BCUT2D eigenvalue weighted by Crippen LogP contribution is 2.27. The number of halogens is 1. The predicted octanol–water partition coefficient (Wildman–Crippen LogP) is 6.42. The van der Waals surface area contributed by atoms with Gasteiger partial charge in [0, 0.05) is 12.1 Å². The Morgan fingerprint density at radius 1 is 1.13 bits per heavy atom. The molecule has 0 aliphatic rings. The van der Waals surface area contributed by atoms with Crippen LogP contribution in [0, 0.1) is 12.7 Å². The Bertz CT molecular complexity index is 1540. The third kappa shape index (κ3) is 5.68. The minimum absolute atomic E-state index is 0.297. The van der Waals surface area contributed by atoms with Gasteiger partial charge in [0.15, 0.2) is 0 Å². The molecule has 0 amide bonds. The molecule has 1 atom stereocenters. The predicted molar refractivity (Wildman–Crippen MR) is 150 cm³/mol. The number of fused-ring (bicyclic) bond motifs is 1. The Labute approximate surface area is 223 Å². The Hall–Kier alpha value is -4.24. The minimum atomic E-state index is -0.955. The standard InChI is InChI=1S/C29H28FN5O2S/c1-3-19-14-21(30)12-17(2)27(19)32-25(28(36)37)13-18-8-10-20(11-9-18)26-15-22(35-38-26)16-31-29-33-23-6-4-5-7-24(23)34-29/h4-12,14-15,25,32H,3,13,16H2,1-2H3,(H,36,37)(H2,31,33,34). The van der Waals surface area contributed by atoms with Crippen LogP contribution in [0.5, 0.6) is 0 Å². The summed E-state index contributed by atoms with van der Waals surface area (Å²) >= 11 is 1.42. The molecule has 4 N–H and O–H groups in total. The lowest BCUT2D eigenvalue weighted by Crippen LogP contribution is -2.32. The lowest BCUT2D eigenvalue weighted by molar-refractivity contribution is -0.137. The van der Waals surface area contributed by atoms with E-state index in [4.69, 9.17) is 0 Å². The van der Waals surface area contributed by atoms with E-state index in [0.717, 1.165) is 38.3 Å². The Balaban J connectivity index is 1.24. The second kappa shape index (κ2) is 11.0. The number of hydrogen-bond acceptors (Lipinski definition) is 6. The topological polar surface area (TPSA) is 103 Å². The Morgan fingerprint density at radius 2 is 1.92 bits per heavy atom. The summed E-state index contributed by atoms with van der Waals surface area (Å²) in [5.74, 6) is -0.568. The summed E-state index contributed by atoms with van der Waals surface area (Å²) in [5, 5.41) is 16.3. The van der Waals surface area contributed by atoms with Gasteiger partial charge in [-0.2, -0.15) is 4.37 Å². The fraction of sp³-hybridized carbons (Fsp3) is 0.207. The van der Waals surface area contributed by atoms with Crippen LogP contribution < -0.4 is 10.6 Å². The molecule has 9 heteroatoms. The van der Waals surface area contributed by atoms with Gasteiger partial charge >= 0.3 is 5.97 Å². The second-order valence-corrected chi connectivity index (χ2v) is 9.99. The maximum absolute atomic E-state index is 13.8. The quantitative estimate of drug-likeness (QED) is 0.167. The molecule has 1 unspecified atom stereocenters. The van der Waals surface area contributed by atoms with Crippen molar-refractivity contribution in [1.82, 2.24) is 14.3 Å². The van der Waals surface area contributed by atoms with Crippen LogP contribution in [0.1, 0.15) is 29.3 Å². The van der Waals surface area contributed by atoms with Crippen molar-refractivity contribution < 1.29 is 14.3 Å². The molecule has 194 valence electrons. The van der Waals surface area contributed by atoms with Gasteiger partial charge in [-0.15, -0.1) is 0 Å². The number of nitrogens with one attached hydrogen (secondary N) is 3. The number of anilines is 2. The first kappa shape index (κ1) is 25.4. The molecule has 2 aromatic heterocycles. The van der Waals surface area contributed by atoms with Crippen molar-refractivity contribution in [1.29, 1.82) is 0 Å². The Kier molecular flexibility index (Phi) is 7.37. The summed E-state index contributed by atoms with van der Waals surface area (Å²) < 4.78 is 18.4. The number of aliphatic carboxylic acids is 1. The van der Waals surface area contributed by atoms with E-state index in [0.29, 0.717) is 36.6 Å². The summed E-state index contributed by atoms with van der Waals surface area (Å²) in [4.78, 5) is 20.8. The van der Waals surface area contributed by atoms with Crippen molar-refractivity contribution >= 4 is 40.2 Å². The summed E-state index contributed by atoms with van der Waals surface area (Å²) in [6.07, 6.45) is 0.900. The maximum atomic E-state index is 13.8. The van der Waals surface area contributed by atoms with Gasteiger partial charge in [0.1, 0.15) is 11.9 Å². The van der Waals surface area contributed by atoms with Gasteiger partial charge in [0.2, 0.25) is 5.95 Å². The lowest BCUT2D eigenvalue weighted by Gasteiger charge is -2.20. The normalized spacial score (nSPS) is 12.0. The Morgan fingerprint density at radius 3 is 2.66 bits per heavy atom. The number of aryl methyl sites for hydroxylation is 2. The average Bonchev–Trinajstić information content (AvgIpc) is 3.55. The van der Waals surface area contributed by atoms with Crippen LogP contribution in [0.3, 0.4) is 0 Å². The zero-order chi connectivity index (χ0) is 26.6. The average molecular weight is 530 g/mol. The van der Waals surface area contributed by atoms with E-state index in [1.165, 1.54) is 23.7 Å². The number of imidazole rings is 1. The SMILES string of the molecule is CCc1cc(F)cc(C)c1NC(Cc1ccc(-c2cc(CNc3nc4ccccc4[nH]3)ns2)cc1)C(=O)O. The summed E-state index contributed by atoms with van der Waals surface area (Å²) in [6.45, 7) is 4.25. The van der Waals surface area contributed by atoms with E-state index >= 15 is 0 Å². The molecule has 0 aliphatic carbocycles. The zero-order valence-electron chi connectivity index (χ0n) is 21.1. The van der Waals surface area contributed by atoms with Gasteiger partial charge in [-0.25, -0.2) is 14.2 Å². The summed E-state index contributed by atoms with van der Waals surface area (Å²) in [5.41, 5.74) is 6.85. The molecule has 0 spiro atoms. The zero-order valence-corrected chi connectivity index (χ0v) is 21.9. The minimum Gasteiger partial charge on any atom is -0.480 e. The number of para-hydroxylation sites is 2. The number of H-pyrrole nitrogens is 1. The van der Waals surface area contributed by atoms with E-state index in [1.807, 2.05) is 61.5 Å². The van der Waals surface area contributed by atoms with E-state index in [9.17, 15) is 14.3 Å². The van der Waals surface area contributed by atoms with Crippen LogP contribution in [-0.4, -0.2) is 31.5 Å². The molecular formula is C29H28FN5O2S. The first-order chi connectivity index (χ1) is 18.4. The molecular weight excluding hydrogens is 501 g/mol. The maximum Gasteiger partial charge on any atom is 0.326 e. The van der Waals surface area contributed by atoms with Crippen LogP contribution in [0.25, 0.3) is 21.5 Å². The molecule has 38 heavy (non-hydrogen) atoms. The van der Waals surface area contributed by atoms with E-state index in [1.54, 1.807) is 6.92 Å². The molecule has 7 nitrogen and oxygen atoms in total. The van der Waals surface area contributed by atoms with Crippen molar-refractivity contribution in [2.45, 2.75) is 39.3 Å². The molecule has 0 aliphatic heterocycles. The number of nitrogens with zero attached hydrogens (tertiary/aromatic N) is 2. The molecule has 5 rings (SSSR count). The van der Waals surface area contributed by atoms with Gasteiger partial charge < -0.3 is 20.7 Å². The molecule has 0 bridgehead atoms. The first-order valence-corrected chi connectivity index (χ1v) is 13.2. The van der Waals surface area contributed by atoms with Gasteiger partial charge in [-0.1, -0.05) is 43.3 Å². The number of hydrogen-bond donors (Lipinski definition) is 4. The van der Waals surface area contributed by atoms with Crippen LogP contribution in [0.4, 0.5) is 16.0 Å². The largest absolute Gasteiger partial charge is 0.480 e. The fourth-order valence-corrected chi connectivity index (χ4v) is 5.22. The van der Waals surface area contributed by atoms with E-state index in [2.05, 4.69) is 25.0 Å². The van der Waals surface area contributed by atoms with E-state index < -0.39 is 12.0 Å². The van der Waals surface area contributed by atoms with Crippen LogP contribution in [-0.2, 0) is 24.2 Å². The van der Waals surface area contributed by atoms with Gasteiger partial charge in [0.05, 0.1) is 28.1 Å². The second-order valence-electron chi connectivity index (χ2n) is 9.19. The van der Waals surface area contributed by atoms with Gasteiger partial charge in [-0.3, -0.25) is 0 Å². The van der Waals surface area contributed by atoms with Crippen molar-refractivity contribution in [2.75, 3.05) is 10.6 Å².